The molecule has 8 heteroatoms. The number of hydrogen-bond donors (Lipinski definition) is 1. The molecule has 1 N–H and O–H groups in total. The van der Waals surface area contributed by atoms with Crippen LogP contribution in [0.3, 0.4) is 0 Å². The summed E-state index contributed by atoms with van der Waals surface area (Å²) in [4.78, 5) is 26.8. The lowest BCUT2D eigenvalue weighted by Gasteiger charge is -2.44. The molecule has 0 radical (unpaired) electrons. The summed E-state index contributed by atoms with van der Waals surface area (Å²) in [7, 11) is 0. The molecule has 0 bridgehead atoms. The highest BCUT2D eigenvalue weighted by Crippen LogP contribution is 2.34. The minimum Gasteiger partial charge on any atom is -0.460 e. The highest BCUT2D eigenvalue weighted by Gasteiger charge is 2.41. The maximum atomic E-state index is 13.9. The van der Waals surface area contributed by atoms with Gasteiger partial charge in [-0.2, -0.15) is 0 Å². The normalized spacial score (nSPS) is 19.0. The molecule has 1 fully saturated rings. The molecule has 0 aliphatic carbocycles. The molecule has 2 aromatic carbocycles. The van der Waals surface area contributed by atoms with E-state index >= 15 is 0 Å². The van der Waals surface area contributed by atoms with Crippen molar-refractivity contribution in [3.63, 3.8) is 0 Å². The fourth-order valence-electron chi connectivity index (χ4n) is 6.36. The Labute approximate surface area is 296 Å². The molecule has 3 rings (SSSR count). The quantitative estimate of drug-likeness (QED) is 0.0923. The van der Waals surface area contributed by atoms with E-state index in [2.05, 4.69) is 26.1 Å². The molecule has 0 spiro atoms. The van der Waals surface area contributed by atoms with E-state index < -0.39 is 30.0 Å². The summed E-state index contributed by atoms with van der Waals surface area (Å²) in [6, 6.07) is 18.1. The predicted octanol–water partition coefficient (Wildman–Crippen LogP) is 9.53. The van der Waals surface area contributed by atoms with Gasteiger partial charge in [0.15, 0.2) is 11.8 Å². The molecular formula is C41H63NO7. The van der Waals surface area contributed by atoms with Gasteiger partial charge in [0.2, 0.25) is 0 Å². The molecule has 0 saturated carbocycles. The molecule has 1 aliphatic heterocycles. The predicted molar refractivity (Wildman–Crippen MR) is 194 cm³/mol. The zero-order chi connectivity index (χ0) is 35.3. The molecule has 8 nitrogen and oxygen atoms in total. The lowest BCUT2D eigenvalue weighted by atomic mass is 9.86. The van der Waals surface area contributed by atoms with Crippen molar-refractivity contribution >= 4 is 12.1 Å². The third-order valence-corrected chi connectivity index (χ3v) is 9.32. The summed E-state index contributed by atoms with van der Waals surface area (Å²) in [5.41, 5.74) is 1.82. The number of rotatable bonds is 23. The SMILES string of the molecule is CCCCCCCCCCCCCC(OC(=O)[C@H](COCc1ccccc1)NC(=O)OCc1ccccc1)[C@H](C)[C@H]1OC(C)(C)OC[C@@H]1C. The van der Waals surface area contributed by atoms with Crippen LogP contribution >= 0.6 is 0 Å². The van der Waals surface area contributed by atoms with Crippen molar-refractivity contribution in [2.75, 3.05) is 13.2 Å². The van der Waals surface area contributed by atoms with Gasteiger partial charge < -0.3 is 29.0 Å². The number of hydrogen-bond acceptors (Lipinski definition) is 7. The molecule has 1 unspecified atom stereocenters. The van der Waals surface area contributed by atoms with Crippen LogP contribution in [0.4, 0.5) is 4.79 Å². The van der Waals surface area contributed by atoms with Crippen molar-refractivity contribution in [3.05, 3.63) is 71.8 Å². The Hall–Kier alpha value is -2.94. The van der Waals surface area contributed by atoms with E-state index in [1.807, 2.05) is 74.5 Å². The Morgan fingerprint density at radius 2 is 1.39 bits per heavy atom. The van der Waals surface area contributed by atoms with Crippen LogP contribution in [0.2, 0.25) is 0 Å². The second-order valence-corrected chi connectivity index (χ2v) is 14.2. The van der Waals surface area contributed by atoms with Gasteiger partial charge in [0.25, 0.3) is 0 Å². The number of nitrogens with one attached hydrogen (secondary N) is 1. The number of carbonyl (C=O) groups excluding carboxylic acids is 2. The first-order valence-electron chi connectivity index (χ1n) is 18.8. The summed E-state index contributed by atoms with van der Waals surface area (Å²) in [6.45, 7) is 11.2. The van der Waals surface area contributed by atoms with Gasteiger partial charge in [-0.15, -0.1) is 0 Å². The van der Waals surface area contributed by atoms with E-state index in [1.165, 1.54) is 57.8 Å². The topological polar surface area (TPSA) is 92.3 Å². The third kappa shape index (κ3) is 16.1. The van der Waals surface area contributed by atoms with Gasteiger partial charge in [0.05, 0.1) is 25.9 Å². The average Bonchev–Trinajstić information content (AvgIpc) is 3.10. The van der Waals surface area contributed by atoms with Crippen molar-refractivity contribution in [2.45, 2.75) is 149 Å². The van der Waals surface area contributed by atoms with Gasteiger partial charge in [0.1, 0.15) is 12.7 Å². The van der Waals surface area contributed by atoms with Crippen LogP contribution in [0.5, 0.6) is 0 Å². The number of benzene rings is 2. The summed E-state index contributed by atoms with van der Waals surface area (Å²) in [5.74, 6) is -1.20. The number of unbranched alkanes of at least 4 members (excludes halogenated alkanes) is 10. The highest BCUT2D eigenvalue weighted by molar-refractivity contribution is 5.81. The van der Waals surface area contributed by atoms with Gasteiger partial charge in [-0.05, 0) is 37.8 Å². The number of ether oxygens (including phenoxy) is 5. The van der Waals surface area contributed by atoms with E-state index in [1.54, 1.807) is 0 Å². The molecule has 274 valence electrons. The van der Waals surface area contributed by atoms with Gasteiger partial charge in [-0.25, -0.2) is 9.59 Å². The highest BCUT2D eigenvalue weighted by atomic mass is 16.7. The molecular weight excluding hydrogens is 618 g/mol. The first-order chi connectivity index (χ1) is 23.7. The maximum Gasteiger partial charge on any atom is 0.408 e. The van der Waals surface area contributed by atoms with Gasteiger partial charge in [-0.3, -0.25) is 0 Å². The molecule has 1 heterocycles. The Morgan fingerprint density at radius 1 is 0.837 bits per heavy atom. The summed E-state index contributed by atoms with van der Waals surface area (Å²) < 4.78 is 30.0. The van der Waals surface area contributed by atoms with Crippen molar-refractivity contribution in [2.24, 2.45) is 11.8 Å². The second kappa shape index (κ2) is 22.7. The average molecular weight is 682 g/mol. The lowest BCUT2D eigenvalue weighted by molar-refractivity contribution is -0.304. The molecule has 5 atom stereocenters. The molecule has 1 amide bonds. The van der Waals surface area contributed by atoms with E-state index in [4.69, 9.17) is 23.7 Å². The van der Waals surface area contributed by atoms with Crippen LogP contribution in [0, 0.1) is 11.8 Å². The monoisotopic (exact) mass is 681 g/mol. The molecule has 1 aliphatic rings. The van der Waals surface area contributed by atoms with Crippen LogP contribution < -0.4 is 5.32 Å². The summed E-state index contributed by atoms with van der Waals surface area (Å²) in [5, 5.41) is 2.72. The first kappa shape index (κ1) is 40.5. The smallest absolute Gasteiger partial charge is 0.408 e. The van der Waals surface area contributed by atoms with Crippen molar-refractivity contribution < 1.29 is 33.3 Å². The largest absolute Gasteiger partial charge is 0.460 e. The van der Waals surface area contributed by atoms with E-state index in [0.29, 0.717) is 19.6 Å². The Morgan fingerprint density at radius 3 is 1.98 bits per heavy atom. The fraction of sp³-hybridized carbons (Fsp3) is 0.659. The Bertz CT molecular complexity index is 1170. The van der Waals surface area contributed by atoms with Crippen molar-refractivity contribution in [1.29, 1.82) is 0 Å². The van der Waals surface area contributed by atoms with Crippen LogP contribution in [-0.2, 0) is 41.7 Å². The van der Waals surface area contributed by atoms with Crippen LogP contribution in [0.15, 0.2) is 60.7 Å². The number of esters is 1. The molecule has 2 aromatic rings. The van der Waals surface area contributed by atoms with Crippen molar-refractivity contribution in [1.82, 2.24) is 5.32 Å². The summed E-state index contributed by atoms with van der Waals surface area (Å²) in [6.07, 6.45) is 13.2. The van der Waals surface area contributed by atoms with Crippen LogP contribution in [-0.4, -0.2) is 49.3 Å². The lowest BCUT2D eigenvalue weighted by Crippen LogP contribution is -2.51. The standard InChI is InChI=1S/C41H63NO7/c1-6-7-8-9-10-11-12-13-14-15-22-27-37(33(3)38-32(2)28-47-41(4,5)49-38)48-39(43)36(31-45-29-34-23-18-16-19-24-34)42-40(44)46-30-35-25-20-17-21-26-35/h16-21,23-26,32-33,36-38H,6-15,22,27-31H2,1-5H3,(H,42,44)/t32-,33-,36-,37?,38-/m0/s1. The first-order valence-corrected chi connectivity index (χ1v) is 18.8. The molecule has 1 saturated heterocycles. The van der Waals surface area contributed by atoms with E-state index in [0.717, 1.165) is 24.0 Å². The Balaban J connectivity index is 1.62. The third-order valence-electron chi connectivity index (χ3n) is 9.32. The van der Waals surface area contributed by atoms with E-state index in [-0.39, 0.29) is 31.2 Å². The number of alkyl carbamates (subject to hydrolysis) is 1. The summed E-state index contributed by atoms with van der Waals surface area (Å²) >= 11 is 0. The molecule has 0 aromatic heterocycles. The minimum atomic E-state index is -1.04. The molecule has 49 heavy (non-hydrogen) atoms. The zero-order valence-electron chi connectivity index (χ0n) is 30.8. The second-order valence-electron chi connectivity index (χ2n) is 14.2. The van der Waals surface area contributed by atoms with Crippen molar-refractivity contribution in [3.8, 4) is 0 Å². The van der Waals surface area contributed by atoms with Gasteiger partial charge in [0, 0.05) is 11.8 Å². The maximum absolute atomic E-state index is 13.9. The fourth-order valence-corrected chi connectivity index (χ4v) is 6.36. The zero-order valence-corrected chi connectivity index (χ0v) is 30.8. The van der Waals surface area contributed by atoms with Crippen LogP contribution in [0.1, 0.15) is 123 Å². The van der Waals surface area contributed by atoms with Crippen LogP contribution in [0.25, 0.3) is 0 Å². The Kier molecular flexibility index (Phi) is 18.8. The van der Waals surface area contributed by atoms with Gasteiger partial charge >= 0.3 is 12.1 Å². The minimum absolute atomic E-state index is 0.0507. The van der Waals surface area contributed by atoms with E-state index in [9.17, 15) is 9.59 Å². The number of amides is 1. The van der Waals surface area contributed by atoms with Gasteiger partial charge in [-0.1, -0.05) is 146 Å². The number of carbonyl (C=O) groups is 2.